The van der Waals surface area contributed by atoms with Crippen LogP contribution in [0.5, 0.6) is 0 Å². The molecule has 180 valence electrons. The van der Waals surface area contributed by atoms with Crippen LogP contribution in [0.3, 0.4) is 0 Å². The van der Waals surface area contributed by atoms with E-state index in [0.717, 1.165) is 22.3 Å². The first-order valence-electron chi connectivity index (χ1n) is 11.5. The molecule has 2 aromatic rings. The molecule has 0 radical (unpaired) electrons. The lowest BCUT2D eigenvalue weighted by Crippen LogP contribution is -2.50. The molecule has 2 amide bonds. The van der Waals surface area contributed by atoms with Crippen molar-refractivity contribution in [2.75, 3.05) is 26.2 Å². The molecule has 0 bridgehead atoms. The maximum absolute atomic E-state index is 13.1. The number of ether oxygens (including phenoxy) is 1. The Kier molecular flexibility index (Phi) is 6.36. The molecule has 2 aromatic carbocycles. The van der Waals surface area contributed by atoms with Gasteiger partial charge in [-0.2, -0.15) is 0 Å². The van der Waals surface area contributed by atoms with E-state index < -0.39 is 23.1 Å². The Labute approximate surface area is 198 Å². The number of β-amino-alcohol motifs (C(OH)–C–C–N with tert-alkyl or cyclic N) is 1. The van der Waals surface area contributed by atoms with Gasteiger partial charge in [0.2, 0.25) is 5.91 Å². The number of hydrogen-bond donors (Lipinski definition) is 3. The molecule has 3 N–H and O–H groups in total. The fourth-order valence-electron chi connectivity index (χ4n) is 4.79. The van der Waals surface area contributed by atoms with E-state index in [1.54, 1.807) is 6.92 Å². The van der Waals surface area contributed by atoms with Crippen LogP contribution in [0.25, 0.3) is 11.1 Å². The van der Waals surface area contributed by atoms with E-state index in [4.69, 9.17) is 4.74 Å². The summed E-state index contributed by atoms with van der Waals surface area (Å²) in [6, 6.07) is 16.1. The number of carboxylic acids is 1. The topological polar surface area (TPSA) is 116 Å². The summed E-state index contributed by atoms with van der Waals surface area (Å²) in [6.45, 7) is 3.66. The fraction of sp³-hybridized carbons (Fsp3) is 0.423. The van der Waals surface area contributed by atoms with E-state index >= 15 is 0 Å². The molecule has 34 heavy (non-hydrogen) atoms. The average molecular weight is 467 g/mol. The minimum absolute atomic E-state index is 0.0202. The van der Waals surface area contributed by atoms with Gasteiger partial charge >= 0.3 is 12.1 Å². The van der Waals surface area contributed by atoms with Crippen LogP contribution in [-0.4, -0.2) is 64.9 Å². The van der Waals surface area contributed by atoms with Crippen molar-refractivity contribution >= 4 is 18.0 Å². The van der Waals surface area contributed by atoms with Crippen LogP contribution in [0.1, 0.15) is 43.7 Å². The normalized spacial score (nSPS) is 20.9. The Morgan fingerprint density at radius 3 is 2.24 bits per heavy atom. The second-order valence-corrected chi connectivity index (χ2v) is 9.41. The van der Waals surface area contributed by atoms with E-state index in [2.05, 4.69) is 17.4 Å². The lowest BCUT2D eigenvalue weighted by Gasteiger charge is -2.32. The number of aliphatic hydroxyl groups is 1. The predicted octanol–water partition coefficient (Wildman–Crippen LogP) is 2.99. The van der Waals surface area contributed by atoms with Gasteiger partial charge in [-0.25, -0.2) is 9.59 Å². The van der Waals surface area contributed by atoms with Crippen LogP contribution >= 0.6 is 0 Å². The van der Waals surface area contributed by atoms with Crippen molar-refractivity contribution in [3.05, 3.63) is 59.7 Å². The highest BCUT2D eigenvalue weighted by molar-refractivity contribution is 5.86. The number of nitrogens with zero attached hydrogens (tertiary/aromatic N) is 1. The number of amides is 2. The van der Waals surface area contributed by atoms with E-state index in [1.807, 2.05) is 43.3 Å². The molecule has 2 atom stereocenters. The number of benzene rings is 2. The average Bonchev–Trinajstić information content (AvgIpc) is 3.40. The summed E-state index contributed by atoms with van der Waals surface area (Å²) in [5.74, 6) is -1.69. The van der Waals surface area contributed by atoms with Crippen LogP contribution in [0, 0.1) is 5.41 Å². The molecule has 8 heteroatoms. The standard InChI is InChI=1S/C26H30N2O6/c1-3-25(2,22(29)28-13-12-26(33,16-28)23(30)31)15-27-24(32)34-14-21-19-10-6-4-8-17(19)18-9-5-7-11-20(18)21/h4-11,21,33H,3,12-16H2,1-2H3,(H,27,32)(H,30,31). The molecule has 2 aliphatic rings. The number of fused-ring (bicyclic) bond motifs is 3. The van der Waals surface area contributed by atoms with Crippen molar-refractivity contribution in [1.82, 2.24) is 10.2 Å². The van der Waals surface area contributed by atoms with Gasteiger partial charge in [0.1, 0.15) is 6.61 Å². The van der Waals surface area contributed by atoms with Gasteiger partial charge in [0.15, 0.2) is 5.60 Å². The Bertz CT molecular complexity index is 1070. The van der Waals surface area contributed by atoms with Gasteiger partial charge in [0.05, 0.1) is 12.0 Å². The quantitative estimate of drug-likeness (QED) is 0.578. The van der Waals surface area contributed by atoms with E-state index in [0.29, 0.717) is 6.42 Å². The third kappa shape index (κ3) is 4.25. The SMILES string of the molecule is CCC(C)(CNC(=O)OCC1c2ccccc2-c2ccccc21)C(=O)N1CCC(O)(C(=O)O)C1. The highest BCUT2D eigenvalue weighted by Gasteiger charge is 2.47. The Morgan fingerprint density at radius 2 is 1.71 bits per heavy atom. The number of aliphatic carboxylic acids is 1. The first-order valence-corrected chi connectivity index (χ1v) is 11.5. The number of carbonyl (C=O) groups excluding carboxylic acids is 2. The van der Waals surface area contributed by atoms with Gasteiger partial charge in [-0.1, -0.05) is 55.5 Å². The maximum Gasteiger partial charge on any atom is 0.407 e. The zero-order chi connectivity index (χ0) is 24.5. The number of rotatable bonds is 7. The van der Waals surface area contributed by atoms with Crippen molar-refractivity contribution < 1.29 is 29.3 Å². The van der Waals surface area contributed by atoms with Crippen LogP contribution in [0.2, 0.25) is 0 Å². The molecule has 2 unspecified atom stereocenters. The summed E-state index contributed by atoms with van der Waals surface area (Å²) >= 11 is 0. The van der Waals surface area contributed by atoms with Crippen molar-refractivity contribution in [2.24, 2.45) is 5.41 Å². The number of carboxylic acid groups (broad SMARTS) is 1. The largest absolute Gasteiger partial charge is 0.479 e. The summed E-state index contributed by atoms with van der Waals surface area (Å²) in [5, 5.41) is 22.1. The summed E-state index contributed by atoms with van der Waals surface area (Å²) in [4.78, 5) is 38.3. The lowest BCUT2D eigenvalue weighted by molar-refractivity contribution is -0.157. The number of likely N-dealkylation sites (tertiary alicyclic amines) is 1. The summed E-state index contributed by atoms with van der Waals surface area (Å²) in [5.41, 5.74) is 1.64. The highest BCUT2D eigenvalue weighted by atomic mass is 16.5. The monoisotopic (exact) mass is 466 g/mol. The van der Waals surface area contributed by atoms with Crippen molar-refractivity contribution in [1.29, 1.82) is 0 Å². The molecular formula is C26H30N2O6. The van der Waals surface area contributed by atoms with Gasteiger partial charge in [0.25, 0.3) is 0 Å². The van der Waals surface area contributed by atoms with Gasteiger partial charge in [-0.3, -0.25) is 4.79 Å². The van der Waals surface area contributed by atoms with Crippen molar-refractivity contribution in [3.8, 4) is 11.1 Å². The summed E-state index contributed by atoms with van der Waals surface area (Å²) < 4.78 is 5.56. The smallest absolute Gasteiger partial charge is 0.407 e. The van der Waals surface area contributed by atoms with E-state index in [9.17, 15) is 24.6 Å². The second kappa shape index (κ2) is 9.10. The molecule has 4 rings (SSSR count). The Hall–Kier alpha value is -3.39. The van der Waals surface area contributed by atoms with Crippen molar-refractivity contribution in [2.45, 2.75) is 38.2 Å². The fourth-order valence-corrected chi connectivity index (χ4v) is 4.79. The molecule has 0 saturated carbocycles. The minimum atomic E-state index is -1.93. The highest BCUT2D eigenvalue weighted by Crippen LogP contribution is 2.44. The van der Waals surface area contributed by atoms with E-state index in [-0.39, 0.29) is 44.5 Å². The van der Waals surface area contributed by atoms with E-state index in [1.165, 1.54) is 4.90 Å². The van der Waals surface area contributed by atoms with Gasteiger partial charge in [-0.15, -0.1) is 0 Å². The van der Waals surface area contributed by atoms with Crippen molar-refractivity contribution in [3.63, 3.8) is 0 Å². The predicted molar refractivity (Wildman–Crippen MR) is 125 cm³/mol. The first kappa shape index (κ1) is 23.8. The minimum Gasteiger partial charge on any atom is -0.479 e. The van der Waals surface area contributed by atoms with Crippen LogP contribution in [-0.2, 0) is 14.3 Å². The molecule has 0 aromatic heterocycles. The van der Waals surface area contributed by atoms with Crippen LogP contribution in [0.15, 0.2) is 48.5 Å². The molecule has 1 heterocycles. The summed E-state index contributed by atoms with van der Waals surface area (Å²) in [7, 11) is 0. The molecule has 1 aliphatic carbocycles. The second-order valence-electron chi connectivity index (χ2n) is 9.41. The van der Waals surface area contributed by atoms with Gasteiger partial charge in [0, 0.05) is 25.4 Å². The third-order valence-electron chi connectivity index (χ3n) is 7.20. The molecule has 1 saturated heterocycles. The maximum atomic E-state index is 13.1. The number of alkyl carbamates (subject to hydrolysis) is 1. The zero-order valence-corrected chi connectivity index (χ0v) is 19.4. The molecule has 8 nitrogen and oxygen atoms in total. The van der Waals surface area contributed by atoms with Crippen LogP contribution < -0.4 is 5.32 Å². The number of carbonyl (C=O) groups is 3. The third-order valence-corrected chi connectivity index (χ3v) is 7.20. The molecule has 0 spiro atoms. The summed E-state index contributed by atoms with van der Waals surface area (Å²) in [6.07, 6.45) is -0.205. The van der Waals surface area contributed by atoms with Crippen LogP contribution in [0.4, 0.5) is 4.79 Å². The van der Waals surface area contributed by atoms with Gasteiger partial charge < -0.3 is 25.2 Å². The Balaban J connectivity index is 1.36. The molecule has 1 fully saturated rings. The lowest BCUT2D eigenvalue weighted by atomic mass is 9.85. The first-order chi connectivity index (χ1) is 16.2. The molecular weight excluding hydrogens is 436 g/mol. The van der Waals surface area contributed by atoms with Gasteiger partial charge in [-0.05, 0) is 35.6 Å². The zero-order valence-electron chi connectivity index (χ0n) is 19.4. The number of nitrogens with one attached hydrogen (secondary N) is 1. The number of hydrogen-bond acceptors (Lipinski definition) is 5. The Morgan fingerprint density at radius 1 is 1.12 bits per heavy atom. The molecule has 1 aliphatic heterocycles.